The lowest BCUT2D eigenvalue weighted by molar-refractivity contribution is -0.136. The normalized spacial score (nSPS) is 15.3. The number of aliphatic hydroxyl groups is 1. The van der Waals surface area contributed by atoms with Crippen LogP contribution in [-0.2, 0) is 9.53 Å². The van der Waals surface area contributed by atoms with Gasteiger partial charge in [-0.25, -0.2) is 9.59 Å². The summed E-state index contributed by atoms with van der Waals surface area (Å²) in [7, 11) is 2.79. The number of carbonyl (C=O) groups excluding carboxylic acids is 2. The van der Waals surface area contributed by atoms with E-state index in [1.807, 2.05) is 13.0 Å². The molecule has 2 aromatic carbocycles. The Balaban J connectivity index is 1.69. The molecule has 12 nitrogen and oxygen atoms in total. The van der Waals surface area contributed by atoms with Gasteiger partial charge in [-0.15, -0.1) is 6.42 Å². The van der Waals surface area contributed by atoms with Crippen molar-refractivity contribution >= 4 is 40.8 Å². The zero-order chi connectivity index (χ0) is 29.9. The number of esters is 1. The van der Waals surface area contributed by atoms with E-state index in [0.717, 1.165) is 3.57 Å². The smallest absolute Gasteiger partial charge is 0.337 e. The molecule has 0 radical (unpaired) electrons. The van der Waals surface area contributed by atoms with Gasteiger partial charge in [0.1, 0.15) is 13.2 Å². The quantitative estimate of drug-likeness (QED) is 0.0627. The number of hydrazone groups is 1. The second-order valence-electron chi connectivity index (χ2n) is 8.44. The number of hydrogen-bond acceptors (Lipinski definition) is 10. The number of amides is 2. The van der Waals surface area contributed by atoms with Crippen molar-refractivity contribution in [2.24, 2.45) is 5.10 Å². The van der Waals surface area contributed by atoms with E-state index in [4.69, 9.17) is 30.1 Å². The van der Waals surface area contributed by atoms with E-state index in [9.17, 15) is 14.7 Å². The van der Waals surface area contributed by atoms with Gasteiger partial charge in [0, 0.05) is 5.70 Å². The minimum absolute atomic E-state index is 0.112. The van der Waals surface area contributed by atoms with E-state index in [1.54, 1.807) is 31.2 Å². The van der Waals surface area contributed by atoms with Gasteiger partial charge >= 0.3 is 12.0 Å². The molecule has 41 heavy (non-hydrogen) atoms. The highest BCUT2D eigenvalue weighted by atomic mass is 127. The molecule has 4 N–H and O–H groups in total. The van der Waals surface area contributed by atoms with Gasteiger partial charge in [0.15, 0.2) is 29.2 Å². The fourth-order valence-corrected chi connectivity index (χ4v) is 4.67. The molecule has 3 rings (SSSR count). The van der Waals surface area contributed by atoms with Crippen molar-refractivity contribution in [1.29, 1.82) is 0 Å². The highest BCUT2D eigenvalue weighted by Crippen LogP contribution is 2.35. The third-order valence-electron chi connectivity index (χ3n) is 5.66. The lowest BCUT2D eigenvalue weighted by Gasteiger charge is -2.28. The second-order valence-corrected chi connectivity index (χ2v) is 9.60. The van der Waals surface area contributed by atoms with Crippen molar-refractivity contribution in [3.63, 3.8) is 0 Å². The van der Waals surface area contributed by atoms with Crippen LogP contribution in [0.3, 0.4) is 0 Å². The maximum Gasteiger partial charge on any atom is 0.337 e. The van der Waals surface area contributed by atoms with Crippen LogP contribution in [0.15, 0.2) is 46.7 Å². The van der Waals surface area contributed by atoms with Gasteiger partial charge in [0.2, 0.25) is 0 Å². The largest absolute Gasteiger partial charge is 0.493 e. The van der Waals surface area contributed by atoms with Crippen LogP contribution in [0.2, 0.25) is 0 Å². The molecule has 1 heterocycles. The van der Waals surface area contributed by atoms with Crippen molar-refractivity contribution in [3.8, 4) is 35.3 Å². The van der Waals surface area contributed by atoms with Crippen molar-refractivity contribution in [2.45, 2.75) is 26.1 Å². The summed E-state index contributed by atoms with van der Waals surface area (Å²) < 4.78 is 28.1. The Morgan fingerprint density at radius 2 is 2.00 bits per heavy atom. The Bertz CT molecular complexity index is 1370. The number of benzene rings is 2. The minimum atomic E-state index is -1.15. The number of rotatable bonds is 13. The van der Waals surface area contributed by atoms with Gasteiger partial charge in [0.25, 0.3) is 0 Å². The van der Waals surface area contributed by atoms with Crippen LogP contribution in [0, 0.1) is 15.9 Å². The van der Waals surface area contributed by atoms with Crippen LogP contribution in [0.25, 0.3) is 0 Å². The predicted octanol–water partition coefficient (Wildman–Crippen LogP) is 2.83. The predicted molar refractivity (Wildman–Crippen MR) is 159 cm³/mol. The number of nitrogens with zero attached hydrogens (tertiary/aromatic N) is 1. The lowest BCUT2D eigenvalue weighted by atomic mass is 9.95. The van der Waals surface area contributed by atoms with E-state index < -0.39 is 24.3 Å². The Morgan fingerprint density at radius 3 is 2.68 bits per heavy atom. The van der Waals surface area contributed by atoms with Gasteiger partial charge < -0.3 is 39.4 Å². The number of allylic oxidation sites excluding steroid dienone is 1. The SMILES string of the molecule is C#CCOc1c(I)cc(/C=N\N[C@@H](O)COc2ccc([C@H]3NC(=O)NC(C)=C3C(=O)OC)cc2OCC)cc1OC. The standard InChI is InChI=1S/C28H31IN4O8/c1-6-10-40-26-19(29)11-17(12-22(26)37-4)14-30-33-23(34)15-41-20-9-8-18(13-21(20)39-7-2)25-24(27(35)38-5)16(3)31-28(36)32-25/h1,8-9,11-14,23,25,33-34H,7,10,15H2,2-5H3,(H2,31,32,36)/b30-14-/t23-,25+/m0/s1. The van der Waals surface area contributed by atoms with Crippen molar-refractivity contribution < 1.29 is 38.4 Å². The summed E-state index contributed by atoms with van der Waals surface area (Å²) >= 11 is 2.11. The zero-order valence-corrected chi connectivity index (χ0v) is 25.1. The van der Waals surface area contributed by atoms with Crippen LogP contribution in [-0.4, -0.2) is 63.6 Å². The number of methoxy groups -OCH3 is 2. The first-order valence-corrected chi connectivity index (χ1v) is 13.5. The second kappa shape index (κ2) is 15.0. The van der Waals surface area contributed by atoms with Crippen molar-refractivity contribution in [2.75, 3.05) is 34.0 Å². The molecule has 0 aromatic heterocycles. The summed E-state index contributed by atoms with van der Waals surface area (Å²) in [4.78, 5) is 24.5. The number of terminal acetylenes is 1. The molecule has 2 aromatic rings. The number of nitrogens with one attached hydrogen (secondary N) is 3. The number of urea groups is 1. The first-order chi connectivity index (χ1) is 19.7. The van der Waals surface area contributed by atoms with Gasteiger partial charge in [-0.2, -0.15) is 5.10 Å². The Labute approximate surface area is 251 Å². The molecule has 0 saturated heterocycles. The van der Waals surface area contributed by atoms with Gasteiger partial charge in [0.05, 0.1) is 42.2 Å². The van der Waals surface area contributed by atoms with E-state index in [-0.39, 0.29) is 18.8 Å². The van der Waals surface area contributed by atoms with Crippen LogP contribution in [0.4, 0.5) is 4.79 Å². The molecule has 13 heteroatoms. The molecule has 218 valence electrons. The third-order valence-corrected chi connectivity index (χ3v) is 6.46. The molecule has 2 atom stereocenters. The highest BCUT2D eigenvalue weighted by Gasteiger charge is 2.32. The molecule has 0 fully saturated rings. The number of carbonyl (C=O) groups is 2. The summed E-state index contributed by atoms with van der Waals surface area (Å²) in [5.41, 5.74) is 4.54. The number of aliphatic hydroxyl groups excluding tert-OH is 1. The summed E-state index contributed by atoms with van der Waals surface area (Å²) in [6, 6.07) is 7.33. The Kier molecular flexibility index (Phi) is 11.5. The first kappa shape index (κ1) is 31.4. The average molecular weight is 678 g/mol. The molecule has 0 bridgehead atoms. The number of ether oxygens (including phenoxy) is 5. The monoisotopic (exact) mass is 678 g/mol. The number of halogens is 1. The average Bonchev–Trinajstić information content (AvgIpc) is 2.95. The lowest BCUT2D eigenvalue weighted by Crippen LogP contribution is -2.45. The molecule has 0 unspecified atom stereocenters. The third kappa shape index (κ3) is 8.18. The fraction of sp³-hybridized carbons (Fsp3) is 0.321. The molecule has 1 aliphatic heterocycles. The first-order valence-electron chi connectivity index (χ1n) is 12.4. The molecule has 0 saturated carbocycles. The van der Waals surface area contributed by atoms with Crippen molar-refractivity contribution in [1.82, 2.24) is 16.1 Å². The topological polar surface area (TPSA) is 149 Å². The molecular weight excluding hydrogens is 647 g/mol. The Morgan fingerprint density at radius 1 is 1.22 bits per heavy atom. The van der Waals surface area contributed by atoms with Crippen LogP contribution >= 0.6 is 22.6 Å². The maximum absolute atomic E-state index is 12.4. The number of hydrogen-bond donors (Lipinski definition) is 4. The molecule has 2 amide bonds. The van der Waals surface area contributed by atoms with E-state index in [0.29, 0.717) is 46.4 Å². The fourth-order valence-electron chi connectivity index (χ4n) is 3.89. The molecular formula is C28H31IN4O8. The van der Waals surface area contributed by atoms with E-state index in [1.165, 1.54) is 20.4 Å². The van der Waals surface area contributed by atoms with Gasteiger partial charge in [-0.3, -0.25) is 5.43 Å². The van der Waals surface area contributed by atoms with Crippen LogP contribution in [0.5, 0.6) is 23.0 Å². The molecule has 1 aliphatic rings. The van der Waals surface area contributed by atoms with E-state index >= 15 is 0 Å². The summed E-state index contributed by atoms with van der Waals surface area (Å²) in [6.45, 7) is 3.71. The zero-order valence-electron chi connectivity index (χ0n) is 22.9. The highest BCUT2D eigenvalue weighted by molar-refractivity contribution is 14.1. The van der Waals surface area contributed by atoms with Gasteiger partial charge in [-0.1, -0.05) is 12.0 Å². The summed E-state index contributed by atoms with van der Waals surface area (Å²) in [5, 5.41) is 19.8. The minimum Gasteiger partial charge on any atom is -0.493 e. The van der Waals surface area contributed by atoms with Crippen LogP contribution in [0.1, 0.15) is 31.0 Å². The molecule has 0 spiro atoms. The Hall–Kier alpha value is -4.16. The van der Waals surface area contributed by atoms with Crippen LogP contribution < -0.4 is 35.0 Å². The maximum atomic E-state index is 12.4. The summed E-state index contributed by atoms with van der Waals surface area (Å²) in [5.74, 6) is 3.59. The van der Waals surface area contributed by atoms with E-state index in [2.05, 4.69) is 49.7 Å². The summed E-state index contributed by atoms with van der Waals surface area (Å²) in [6.07, 6.45) is 5.63. The van der Waals surface area contributed by atoms with Crippen molar-refractivity contribution in [3.05, 3.63) is 56.3 Å². The van der Waals surface area contributed by atoms with Gasteiger partial charge in [-0.05, 0) is 71.8 Å². The molecule has 0 aliphatic carbocycles.